The molecule has 4 nitrogen and oxygen atoms in total. The molecule has 0 heterocycles. The lowest BCUT2D eigenvalue weighted by Crippen LogP contribution is -2.32. The fourth-order valence-electron chi connectivity index (χ4n) is 2.70. The van der Waals surface area contributed by atoms with Gasteiger partial charge in [-0.3, -0.25) is 4.31 Å². The molecule has 20 heavy (non-hydrogen) atoms. The lowest BCUT2D eigenvalue weighted by atomic mass is 9.91. The number of hydrogen-bond acceptors (Lipinski definition) is 3. The number of nitrogens with zero attached hydrogens (tertiary/aromatic N) is 2. The van der Waals surface area contributed by atoms with Crippen LogP contribution in [0.1, 0.15) is 37.7 Å². The number of anilines is 1. The molecule has 0 saturated heterocycles. The van der Waals surface area contributed by atoms with E-state index in [0.717, 1.165) is 25.7 Å². The normalized spacial score (nSPS) is 16.6. The van der Waals surface area contributed by atoms with E-state index in [1.54, 1.807) is 31.3 Å². The average Bonchev–Trinajstić information content (AvgIpc) is 2.47. The van der Waals surface area contributed by atoms with E-state index in [4.69, 9.17) is 5.26 Å². The summed E-state index contributed by atoms with van der Waals surface area (Å²) in [5.74, 6) is 0.482. The van der Waals surface area contributed by atoms with Crippen LogP contribution in [-0.4, -0.2) is 21.2 Å². The molecule has 1 aromatic carbocycles. The second kappa shape index (κ2) is 6.27. The van der Waals surface area contributed by atoms with Gasteiger partial charge in [-0.05, 0) is 37.0 Å². The first-order valence-corrected chi connectivity index (χ1v) is 8.60. The van der Waals surface area contributed by atoms with Crippen LogP contribution >= 0.6 is 0 Å². The van der Waals surface area contributed by atoms with E-state index < -0.39 is 10.0 Å². The Labute approximate surface area is 121 Å². The van der Waals surface area contributed by atoms with Gasteiger partial charge in [-0.15, -0.1) is 0 Å². The third-order valence-electron chi connectivity index (χ3n) is 3.93. The summed E-state index contributed by atoms with van der Waals surface area (Å²) >= 11 is 0. The predicted octanol–water partition coefficient (Wildman–Crippen LogP) is 2.90. The fraction of sp³-hybridized carbons (Fsp3) is 0.533. The second-order valence-corrected chi connectivity index (χ2v) is 7.46. The molecule has 1 aromatic rings. The molecule has 1 fully saturated rings. The molecular weight excluding hydrogens is 272 g/mol. The van der Waals surface area contributed by atoms with Gasteiger partial charge in [-0.2, -0.15) is 5.26 Å². The third-order valence-corrected chi connectivity index (χ3v) is 5.87. The number of nitriles is 1. The minimum atomic E-state index is -3.31. The summed E-state index contributed by atoms with van der Waals surface area (Å²) in [4.78, 5) is 0. The van der Waals surface area contributed by atoms with Crippen molar-refractivity contribution in [3.8, 4) is 6.07 Å². The Kier molecular flexibility index (Phi) is 4.66. The standard InChI is InChI=1S/C15H20N2O2S/c1-17(15-9-5-8-14(10-15)11-16)20(18,19)12-13-6-3-2-4-7-13/h5,8-10,13H,2-4,6-7,12H2,1H3. The molecule has 0 aromatic heterocycles. The zero-order valence-electron chi connectivity index (χ0n) is 11.7. The zero-order chi connectivity index (χ0) is 14.6. The van der Waals surface area contributed by atoms with E-state index in [1.165, 1.54) is 10.7 Å². The first-order valence-electron chi connectivity index (χ1n) is 7.00. The Bertz CT molecular complexity index is 599. The first-order chi connectivity index (χ1) is 9.53. The lowest BCUT2D eigenvalue weighted by Gasteiger charge is -2.25. The van der Waals surface area contributed by atoms with Crippen LogP contribution in [-0.2, 0) is 10.0 Å². The molecule has 0 N–H and O–H groups in total. The number of benzene rings is 1. The third kappa shape index (κ3) is 3.51. The van der Waals surface area contributed by atoms with Crippen molar-refractivity contribution in [3.05, 3.63) is 29.8 Å². The van der Waals surface area contributed by atoms with E-state index >= 15 is 0 Å². The second-order valence-electron chi connectivity index (χ2n) is 5.41. The van der Waals surface area contributed by atoms with Crippen molar-refractivity contribution in [1.29, 1.82) is 5.26 Å². The van der Waals surface area contributed by atoms with Crippen LogP contribution in [0.3, 0.4) is 0 Å². The summed E-state index contributed by atoms with van der Waals surface area (Å²) in [6, 6.07) is 8.75. The van der Waals surface area contributed by atoms with Gasteiger partial charge in [0, 0.05) is 7.05 Å². The van der Waals surface area contributed by atoms with E-state index in [-0.39, 0.29) is 11.7 Å². The van der Waals surface area contributed by atoms with Crippen molar-refractivity contribution < 1.29 is 8.42 Å². The zero-order valence-corrected chi connectivity index (χ0v) is 12.6. The van der Waals surface area contributed by atoms with Crippen LogP contribution in [0.4, 0.5) is 5.69 Å². The van der Waals surface area contributed by atoms with Crippen molar-refractivity contribution >= 4 is 15.7 Å². The van der Waals surface area contributed by atoms with Gasteiger partial charge < -0.3 is 0 Å². The highest BCUT2D eigenvalue weighted by atomic mass is 32.2. The van der Waals surface area contributed by atoms with Gasteiger partial charge in [0.15, 0.2) is 0 Å². The molecule has 108 valence electrons. The Hall–Kier alpha value is -1.54. The molecule has 0 bridgehead atoms. The van der Waals surface area contributed by atoms with Crippen molar-refractivity contribution in [2.75, 3.05) is 17.1 Å². The van der Waals surface area contributed by atoms with Crippen molar-refractivity contribution in [2.24, 2.45) is 5.92 Å². The maximum absolute atomic E-state index is 12.4. The van der Waals surface area contributed by atoms with Crippen molar-refractivity contribution in [2.45, 2.75) is 32.1 Å². The summed E-state index contributed by atoms with van der Waals surface area (Å²) in [5.41, 5.74) is 1.03. The van der Waals surface area contributed by atoms with E-state index in [1.807, 2.05) is 6.07 Å². The van der Waals surface area contributed by atoms with Gasteiger partial charge in [-0.25, -0.2) is 8.42 Å². The SMILES string of the molecule is CN(c1cccc(C#N)c1)S(=O)(=O)CC1CCCCC1. The highest BCUT2D eigenvalue weighted by molar-refractivity contribution is 7.92. The van der Waals surface area contributed by atoms with Crippen LogP contribution in [0.25, 0.3) is 0 Å². The molecule has 1 aliphatic carbocycles. The maximum Gasteiger partial charge on any atom is 0.235 e. The quantitative estimate of drug-likeness (QED) is 0.857. The predicted molar refractivity (Wildman–Crippen MR) is 79.9 cm³/mol. The van der Waals surface area contributed by atoms with Gasteiger partial charge in [0.05, 0.1) is 23.1 Å². The molecule has 0 aliphatic heterocycles. The highest BCUT2D eigenvalue weighted by Gasteiger charge is 2.25. The smallest absolute Gasteiger partial charge is 0.235 e. The van der Waals surface area contributed by atoms with E-state index in [2.05, 4.69) is 0 Å². The Morgan fingerprint density at radius 3 is 2.65 bits per heavy atom. The Morgan fingerprint density at radius 1 is 1.30 bits per heavy atom. The van der Waals surface area contributed by atoms with Gasteiger partial charge in [0.1, 0.15) is 0 Å². The Morgan fingerprint density at radius 2 is 2.00 bits per heavy atom. The van der Waals surface area contributed by atoms with Gasteiger partial charge in [-0.1, -0.05) is 25.3 Å². The molecule has 0 spiro atoms. The molecule has 0 amide bonds. The molecule has 1 saturated carbocycles. The first kappa shape index (κ1) is 14.9. The van der Waals surface area contributed by atoms with Crippen molar-refractivity contribution in [3.63, 3.8) is 0 Å². The lowest BCUT2D eigenvalue weighted by molar-refractivity contribution is 0.385. The van der Waals surface area contributed by atoms with Crippen LogP contribution in [0.15, 0.2) is 24.3 Å². The maximum atomic E-state index is 12.4. The van der Waals surface area contributed by atoms with Crippen molar-refractivity contribution in [1.82, 2.24) is 0 Å². The number of rotatable bonds is 4. The van der Waals surface area contributed by atoms with Gasteiger partial charge in [0.25, 0.3) is 0 Å². The monoisotopic (exact) mass is 292 g/mol. The number of hydrogen-bond donors (Lipinski definition) is 0. The minimum Gasteiger partial charge on any atom is -0.273 e. The summed E-state index contributed by atoms with van der Waals surface area (Å²) in [6.45, 7) is 0. The summed E-state index contributed by atoms with van der Waals surface area (Å²) < 4.78 is 26.2. The minimum absolute atomic E-state index is 0.209. The molecular formula is C15H20N2O2S. The summed E-state index contributed by atoms with van der Waals surface area (Å²) in [5, 5.41) is 8.89. The van der Waals surface area contributed by atoms with E-state index in [0.29, 0.717) is 11.3 Å². The fourth-order valence-corrected chi connectivity index (χ4v) is 4.28. The average molecular weight is 292 g/mol. The summed E-state index contributed by atoms with van der Waals surface area (Å²) in [6.07, 6.45) is 5.49. The molecule has 2 rings (SSSR count). The molecule has 5 heteroatoms. The number of sulfonamides is 1. The highest BCUT2D eigenvalue weighted by Crippen LogP contribution is 2.27. The largest absolute Gasteiger partial charge is 0.273 e. The van der Waals surface area contributed by atoms with E-state index in [9.17, 15) is 8.42 Å². The summed E-state index contributed by atoms with van der Waals surface area (Å²) in [7, 11) is -1.75. The molecule has 0 atom stereocenters. The van der Waals surface area contributed by atoms with Crippen LogP contribution in [0.5, 0.6) is 0 Å². The topological polar surface area (TPSA) is 61.2 Å². The van der Waals surface area contributed by atoms with Gasteiger partial charge in [0.2, 0.25) is 10.0 Å². The molecule has 1 aliphatic rings. The van der Waals surface area contributed by atoms with Gasteiger partial charge >= 0.3 is 0 Å². The molecule has 0 radical (unpaired) electrons. The molecule has 0 unspecified atom stereocenters. The van der Waals surface area contributed by atoms with Crippen LogP contribution in [0, 0.1) is 17.2 Å². The van der Waals surface area contributed by atoms with Crippen LogP contribution in [0.2, 0.25) is 0 Å². The Balaban J connectivity index is 2.13. The van der Waals surface area contributed by atoms with Crippen LogP contribution < -0.4 is 4.31 Å².